The Bertz CT molecular complexity index is 626. The van der Waals surface area contributed by atoms with Crippen LogP contribution in [0.4, 0.5) is 19.0 Å². The van der Waals surface area contributed by atoms with E-state index in [1.165, 1.54) is 0 Å². The second kappa shape index (κ2) is 5.23. The van der Waals surface area contributed by atoms with Crippen molar-refractivity contribution in [2.45, 2.75) is 56.5 Å². The summed E-state index contributed by atoms with van der Waals surface area (Å²) in [5, 5.41) is 1.11. The van der Waals surface area contributed by atoms with E-state index < -0.39 is 17.0 Å². The normalized spacial score (nSPS) is 23.8. The maximum absolute atomic E-state index is 13.2. The van der Waals surface area contributed by atoms with Gasteiger partial charge in [0.1, 0.15) is 5.25 Å². The van der Waals surface area contributed by atoms with Gasteiger partial charge in [0, 0.05) is 0 Å². The number of halogens is 3. The number of rotatable bonds is 1. The van der Waals surface area contributed by atoms with E-state index in [1.54, 1.807) is 11.6 Å². The number of aromatic nitrogens is 2. The molecule has 1 N–H and O–H groups in total. The van der Waals surface area contributed by atoms with Gasteiger partial charge in [-0.1, -0.05) is 31.0 Å². The molecular formula is C13H16F3N3OS. The Labute approximate surface area is 123 Å². The van der Waals surface area contributed by atoms with Gasteiger partial charge in [-0.05, 0) is 19.8 Å². The predicted octanol–water partition coefficient (Wildman–Crippen LogP) is 4.08. The minimum atomic E-state index is -4.46. The van der Waals surface area contributed by atoms with E-state index in [-0.39, 0.29) is 17.4 Å². The van der Waals surface area contributed by atoms with Crippen molar-refractivity contribution in [2.24, 2.45) is 4.99 Å². The van der Waals surface area contributed by atoms with Crippen LogP contribution in [0.25, 0.3) is 0 Å². The lowest BCUT2D eigenvalue weighted by Gasteiger charge is -2.26. The van der Waals surface area contributed by atoms with Gasteiger partial charge in [-0.25, -0.2) is 4.99 Å². The Hall–Kier alpha value is -1.18. The Morgan fingerprint density at radius 3 is 2.57 bits per heavy atom. The number of nitrogens with zero attached hydrogens (tertiary/aromatic N) is 2. The Kier molecular flexibility index (Phi) is 3.67. The van der Waals surface area contributed by atoms with Gasteiger partial charge in [-0.2, -0.15) is 13.2 Å². The van der Waals surface area contributed by atoms with Crippen molar-refractivity contribution < 1.29 is 13.2 Å². The van der Waals surface area contributed by atoms with Gasteiger partial charge in [0.2, 0.25) is 0 Å². The molecule has 1 aromatic rings. The molecular weight excluding hydrogens is 303 g/mol. The van der Waals surface area contributed by atoms with Crippen LogP contribution in [-0.4, -0.2) is 21.0 Å². The Morgan fingerprint density at radius 2 is 1.95 bits per heavy atom. The van der Waals surface area contributed by atoms with Crippen LogP contribution in [-0.2, 0) is 0 Å². The molecule has 0 aromatic carbocycles. The maximum Gasteiger partial charge on any atom is 0.405 e. The number of alkyl halides is 3. The van der Waals surface area contributed by atoms with E-state index in [0.717, 1.165) is 32.1 Å². The van der Waals surface area contributed by atoms with Crippen molar-refractivity contribution in [3.05, 3.63) is 15.9 Å². The molecule has 3 rings (SSSR count). The highest BCUT2D eigenvalue weighted by atomic mass is 32.2. The fourth-order valence-corrected chi connectivity index (χ4v) is 3.99. The van der Waals surface area contributed by atoms with E-state index in [9.17, 15) is 18.0 Å². The van der Waals surface area contributed by atoms with Crippen molar-refractivity contribution in [1.29, 1.82) is 0 Å². The minimum absolute atomic E-state index is 0.0451. The van der Waals surface area contributed by atoms with Crippen LogP contribution in [0, 0.1) is 0 Å². The molecule has 1 unspecified atom stereocenters. The third-order valence-electron chi connectivity index (χ3n) is 3.99. The molecule has 0 bridgehead atoms. The summed E-state index contributed by atoms with van der Waals surface area (Å²) in [7, 11) is 0. The van der Waals surface area contributed by atoms with Gasteiger partial charge in [-0.3, -0.25) is 14.6 Å². The lowest BCUT2D eigenvalue weighted by atomic mass is 9.95. The summed E-state index contributed by atoms with van der Waals surface area (Å²) in [6.45, 7) is 1.55. The van der Waals surface area contributed by atoms with Crippen LogP contribution in [0.2, 0.25) is 0 Å². The summed E-state index contributed by atoms with van der Waals surface area (Å²) in [5.41, 5.74) is -0.912. The molecule has 116 valence electrons. The first-order valence-electron chi connectivity index (χ1n) is 7.01. The summed E-state index contributed by atoms with van der Waals surface area (Å²) < 4.78 is 41.1. The monoisotopic (exact) mass is 319 g/mol. The summed E-state index contributed by atoms with van der Waals surface area (Å²) in [6, 6.07) is 0.0451. The van der Waals surface area contributed by atoms with Crippen molar-refractivity contribution in [1.82, 2.24) is 9.78 Å². The molecule has 1 saturated carbocycles. The first-order valence-corrected chi connectivity index (χ1v) is 7.89. The molecule has 8 heteroatoms. The summed E-state index contributed by atoms with van der Waals surface area (Å²) in [5.74, 6) is 0.172. The van der Waals surface area contributed by atoms with E-state index in [1.807, 2.05) is 0 Å². The van der Waals surface area contributed by atoms with Crippen molar-refractivity contribution in [3.8, 4) is 0 Å². The first-order chi connectivity index (χ1) is 9.88. The number of hydrogen-bond acceptors (Lipinski definition) is 3. The Balaban J connectivity index is 2.09. The number of H-pyrrole nitrogens is 1. The zero-order valence-corrected chi connectivity index (χ0v) is 12.4. The molecule has 1 aromatic heterocycles. The van der Waals surface area contributed by atoms with Crippen LogP contribution < -0.4 is 5.56 Å². The molecule has 0 radical (unpaired) electrons. The lowest BCUT2D eigenvalue weighted by Crippen LogP contribution is -2.25. The third kappa shape index (κ3) is 2.65. The molecule has 1 aliphatic heterocycles. The predicted molar refractivity (Wildman–Crippen MR) is 76.3 cm³/mol. The highest BCUT2D eigenvalue weighted by Gasteiger charge is 2.47. The van der Waals surface area contributed by atoms with E-state index >= 15 is 0 Å². The third-order valence-corrected chi connectivity index (χ3v) is 5.16. The lowest BCUT2D eigenvalue weighted by molar-refractivity contribution is -0.129. The average Bonchev–Trinajstić information content (AvgIpc) is 2.75. The average molecular weight is 319 g/mol. The standard InChI is InChI=1S/C13H16F3N3OS/c1-7-17-11-9(10(21-7)13(14,15)16)12(20)18-19(11)8-5-3-2-4-6-8/h8,10H,2-6H2,1H3,(H,18,20). The molecule has 1 fully saturated rings. The van der Waals surface area contributed by atoms with Crippen LogP contribution >= 0.6 is 11.8 Å². The number of fused-ring (bicyclic) bond motifs is 1. The van der Waals surface area contributed by atoms with Gasteiger partial charge < -0.3 is 0 Å². The highest BCUT2D eigenvalue weighted by molar-refractivity contribution is 8.14. The minimum Gasteiger partial charge on any atom is -0.268 e. The topological polar surface area (TPSA) is 50.1 Å². The second-order valence-electron chi connectivity index (χ2n) is 5.51. The molecule has 2 heterocycles. The van der Waals surface area contributed by atoms with Gasteiger partial charge in [0.25, 0.3) is 5.56 Å². The fourth-order valence-electron chi connectivity index (χ4n) is 3.04. The molecule has 1 aliphatic carbocycles. The maximum atomic E-state index is 13.2. The van der Waals surface area contributed by atoms with Gasteiger partial charge >= 0.3 is 6.18 Å². The van der Waals surface area contributed by atoms with Crippen LogP contribution in [0.3, 0.4) is 0 Å². The SMILES string of the molecule is CC1=Nc2c(c(=O)[nH]n2C2CCCCC2)C(C(F)(F)F)S1. The molecule has 2 aliphatic rings. The molecule has 21 heavy (non-hydrogen) atoms. The van der Waals surface area contributed by atoms with Gasteiger partial charge in [0.15, 0.2) is 5.82 Å². The number of hydrogen-bond donors (Lipinski definition) is 1. The molecule has 4 nitrogen and oxygen atoms in total. The molecule has 0 amide bonds. The zero-order chi connectivity index (χ0) is 15.2. The van der Waals surface area contributed by atoms with Crippen LogP contribution in [0.15, 0.2) is 9.79 Å². The van der Waals surface area contributed by atoms with E-state index in [2.05, 4.69) is 10.1 Å². The smallest absolute Gasteiger partial charge is 0.268 e. The number of aromatic amines is 1. The van der Waals surface area contributed by atoms with Gasteiger partial charge in [-0.15, -0.1) is 0 Å². The second-order valence-corrected chi connectivity index (χ2v) is 6.81. The molecule has 0 spiro atoms. The number of aliphatic imine (C=N–C) groups is 1. The fraction of sp³-hybridized carbons (Fsp3) is 0.692. The van der Waals surface area contributed by atoms with Crippen LogP contribution in [0.5, 0.6) is 0 Å². The van der Waals surface area contributed by atoms with E-state index in [4.69, 9.17) is 0 Å². The van der Waals surface area contributed by atoms with Crippen LogP contribution in [0.1, 0.15) is 55.9 Å². The summed E-state index contributed by atoms with van der Waals surface area (Å²) in [4.78, 5) is 16.2. The van der Waals surface area contributed by atoms with Crippen molar-refractivity contribution in [2.75, 3.05) is 0 Å². The first kappa shape index (κ1) is 14.7. The Morgan fingerprint density at radius 1 is 1.29 bits per heavy atom. The number of thioether (sulfide) groups is 1. The van der Waals surface area contributed by atoms with Crippen molar-refractivity contribution >= 4 is 22.6 Å². The van der Waals surface area contributed by atoms with Crippen molar-refractivity contribution in [3.63, 3.8) is 0 Å². The van der Waals surface area contributed by atoms with Gasteiger partial charge in [0.05, 0.1) is 16.6 Å². The van der Waals surface area contributed by atoms with E-state index in [0.29, 0.717) is 16.8 Å². The summed E-state index contributed by atoms with van der Waals surface area (Å²) in [6.07, 6.45) is 0.473. The molecule has 0 saturated heterocycles. The largest absolute Gasteiger partial charge is 0.405 e. The molecule has 1 atom stereocenters. The quantitative estimate of drug-likeness (QED) is 0.848. The summed E-state index contributed by atoms with van der Waals surface area (Å²) >= 11 is 0.602. The highest BCUT2D eigenvalue weighted by Crippen LogP contribution is 2.49. The number of nitrogens with one attached hydrogen (secondary N) is 1. The zero-order valence-electron chi connectivity index (χ0n) is 11.5.